The summed E-state index contributed by atoms with van der Waals surface area (Å²) in [5.74, 6) is 0.747. The van der Waals surface area contributed by atoms with Crippen molar-refractivity contribution in [1.29, 1.82) is 0 Å². The van der Waals surface area contributed by atoms with E-state index in [4.69, 9.17) is 0 Å². The number of ether oxygens (including phenoxy) is 1. The average Bonchev–Trinajstić information content (AvgIpc) is 2.35. The molecule has 5 heteroatoms. The second kappa shape index (κ2) is 7.69. The maximum Gasteiger partial charge on any atom is 0.573 e. The fraction of sp³-hybridized carbons (Fsp3) is 0.625. The summed E-state index contributed by atoms with van der Waals surface area (Å²) >= 11 is 0. The molecule has 0 heterocycles. The van der Waals surface area contributed by atoms with Gasteiger partial charge in [-0.1, -0.05) is 32.9 Å². The number of rotatable bonds is 7. The molecule has 1 aromatic carbocycles. The normalized spacial score (nSPS) is 15.0. The fourth-order valence-corrected chi connectivity index (χ4v) is 2.56. The van der Waals surface area contributed by atoms with E-state index in [-0.39, 0.29) is 5.75 Å². The van der Waals surface area contributed by atoms with Crippen molar-refractivity contribution in [1.82, 2.24) is 5.32 Å². The maximum absolute atomic E-state index is 12.1. The van der Waals surface area contributed by atoms with Crippen molar-refractivity contribution < 1.29 is 17.9 Å². The largest absolute Gasteiger partial charge is 0.573 e. The Bertz CT molecular complexity index is 415. The van der Waals surface area contributed by atoms with Crippen molar-refractivity contribution in [2.45, 2.75) is 46.5 Å². The zero-order chi connectivity index (χ0) is 16.0. The van der Waals surface area contributed by atoms with Gasteiger partial charge in [-0.05, 0) is 49.4 Å². The van der Waals surface area contributed by atoms with Gasteiger partial charge < -0.3 is 10.1 Å². The fourth-order valence-electron chi connectivity index (χ4n) is 2.56. The molecule has 0 aliphatic carbocycles. The van der Waals surface area contributed by atoms with Crippen LogP contribution in [0.25, 0.3) is 0 Å². The molecule has 0 saturated heterocycles. The van der Waals surface area contributed by atoms with Crippen LogP contribution in [0.4, 0.5) is 13.2 Å². The third kappa shape index (κ3) is 6.38. The molecular formula is C16H24F3NO. The lowest BCUT2D eigenvalue weighted by molar-refractivity contribution is -0.274. The van der Waals surface area contributed by atoms with Gasteiger partial charge in [-0.25, -0.2) is 0 Å². The number of benzene rings is 1. The van der Waals surface area contributed by atoms with E-state index in [1.165, 1.54) is 12.1 Å². The van der Waals surface area contributed by atoms with E-state index in [0.29, 0.717) is 17.9 Å². The van der Waals surface area contributed by atoms with Gasteiger partial charge in [-0.3, -0.25) is 0 Å². The molecule has 1 N–H and O–H groups in total. The molecule has 0 aliphatic heterocycles. The summed E-state index contributed by atoms with van der Waals surface area (Å²) < 4.78 is 40.2. The lowest BCUT2D eigenvalue weighted by Crippen LogP contribution is -2.37. The van der Waals surface area contributed by atoms with Gasteiger partial charge >= 0.3 is 6.36 Å². The van der Waals surface area contributed by atoms with Gasteiger partial charge in [-0.15, -0.1) is 13.2 Å². The highest BCUT2D eigenvalue weighted by molar-refractivity contribution is 5.27. The maximum atomic E-state index is 12.1. The first-order chi connectivity index (χ1) is 9.73. The van der Waals surface area contributed by atoms with E-state index < -0.39 is 6.36 Å². The first-order valence-corrected chi connectivity index (χ1v) is 7.31. The smallest absolute Gasteiger partial charge is 0.406 e. The van der Waals surface area contributed by atoms with Crippen LogP contribution in [-0.2, 0) is 6.42 Å². The predicted molar refractivity (Wildman–Crippen MR) is 78.3 cm³/mol. The SMILES string of the molecule is CCNC(C)C(Cc1ccc(OC(F)(F)F)cc1)C(C)C. The molecule has 0 aromatic heterocycles. The number of halogens is 3. The van der Waals surface area contributed by atoms with Crippen molar-refractivity contribution in [3.63, 3.8) is 0 Å². The van der Waals surface area contributed by atoms with Gasteiger partial charge in [-0.2, -0.15) is 0 Å². The Morgan fingerprint density at radius 3 is 2.10 bits per heavy atom. The first-order valence-electron chi connectivity index (χ1n) is 7.31. The lowest BCUT2D eigenvalue weighted by Gasteiger charge is -2.28. The summed E-state index contributed by atoms with van der Waals surface area (Å²) in [6, 6.07) is 6.52. The number of alkyl halides is 3. The molecule has 0 spiro atoms. The molecular weight excluding hydrogens is 279 g/mol. The van der Waals surface area contributed by atoms with E-state index in [1.807, 2.05) is 0 Å². The Balaban J connectivity index is 2.72. The average molecular weight is 303 g/mol. The van der Waals surface area contributed by atoms with Crippen LogP contribution >= 0.6 is 0 Å². The van der Waals surface area contributed by atoms with E-state index in [9.17, 15) is 13.2 Å². The van der Waals surface area contributed by atoms with E-state index in [1.54, 1.807) is 12.1 Å². The molecule has 21 heavy (non-hydrogen) atoms. The van der Waals surface area contributed by atoms with Crippen molar-refractivity contribution in [2.24, 2.45) is 11.8 Å². The van der Waals surface area contributed by atoms with Gasteiger partial charge in [0.2, 0.25) is 0 Å². The third-order valence-electron chi connectivity index (χ3n) is 3.65. The molecule has 0 saturated carbocycles. The summed E-state index contributed by atoms with van der Waals surface area (Å²) in [7, 11) is 0. The number of nitrogens with one attached hydrogen (secondary N) is 1. The van der Waals surface area contributed by atoms with E-state index >= 15 is 0 Å². The lowest BCUT2D eigenvalue weighted by atomic mass is 9.84. The molecule has 1 aromatic rings. The second-order valence-electron chi connectivity index (χ2n) is 5.65. The van der Waals surface area contributed by atoms with Crippen LogP contribution in [0.5, 0.6) is 5.75 Å². The molecule has 0 bridgehead atoms. The molecule has 0 amide bonds. The zero-order valence-corrected chi connectivity index (χ0v) is 13.0. The minimum absolute atomic E-state index is 0.174. The van der Waals surface area contributed by atoms with Gasteiger partial charge in [0.05, 0.1) is 0 Å². The Hall–Kier alpha value is -1.23. The number of hydrogen-bond donors (Lipinski definition) is 1. The summed E-state index contributed by atoms with van der Waals surface area (Å²) in [4.78, 5) is 0. The highest BCUT2D eigenvalue weighted by Crippen LogP contribution is 2.25. The monoisotopic (exact) mass is 303 g/mol. The highest BCUT2D eigenvalue weighted by Gasteiger charge is 2.31. The van der Waals surface area contributed by atoms with Crippen LogP contribution in [0.15, 0.2) is 24.3 Å². The molecule has 2 atom stereocenters. The van der Waals surface area contributed by atoms with Gasteiger partial charge in [0.25, 0.3) is 0 Å². The van der Waals surface area contributed by atoms with Crippen LogP contribution in [0.3, 0.4) is 0 Å². The van der Waals surface area contributed by atoms with Gasteiger partial charge in [0.15, 0.2) is 0 Å². The Morgan fingerprint density at radius 2 is 1.67 bits per heavy atom. The summed E-state index contributed by atoms with van der Waals surface area (Å²) in [6.07, 6.45) is -3.81. The molecule has 120 valence electrons. The first kappa shape index (κ1) is 17.8. The van der Waals surface area contributed by atoms with Crippen LogP contribution < -0.4 is 10.1 Å². The van der Waals surface area contributed by atoms with Gasteiger partial charge in [0, 0.05) is 6.04 Å². The Morgan fingerprint density at radius 1 is 1.10 bits per heavy atom. The zero-order valence-electron chi connectivity index (χ0n) is 13.0. The molecule has 0 aliphatic rings. The van der Waals surface area contributed by atoms with Crippen molar-refractivity contribution in [3.8, 4) is 5.75 Å². The minimum Gasteiger partial charge on any atom is -0.406 e. The summed E-state index contributed by atoms with van der Waals surface area (Å²) in [5, 5.41) is 3.42. The summed E-state index contributed by atoms with van der Waals surface area (Å²) in [6.45, 7) is 9.45. The summed E-state index contributed by atoms with van der Waals surface area (Å²) in [5.41, 5.74) is 1.02. The quantitative estimate of drug-likeness (QED) is 0.806. The van der Waals surface area contributed by atoms with Gasteiger partial charge in [0.1, 0.15) is 5.75 Å². The van der Waals surface area contributed by atoms with Crippen LogP contribution in [-0.4, -0.2) is 18.9 Å². The minimum atomic E-state index is -4.64. The third-order valence-corrected chi connectivity index (χ3v) is 3.65. The van der Waals surface area contributed by atoms with Crippen LogP contribution in [0.1, 0.15) is 33.3 Å². The van der Waals surface area contributed by atoms with Crippen molar-refractivity contribution >= 4 is 0 Å². The second-order valence-corrected chi connectivity index (χ2v) is 5.65. The van der Waals surface area contributed by atoms with E-state index in [2.05, 4.69) is 37.7 Å². The van der Waals surface area contributed by atoms with Crippen molar-refractivity contribution in [2.75, 3.05) is 6.54 Å². The Kier molecular flexibility index (Phi) is 6.52. The molecule has 2 nitrogen and oxygen atoms in total. The number of hydrogen-bond acceptors (Lipinski definition) is 2. The van der Waals surface area contributed by atoms with Crippen LogP contribution in [0.2, 0.25) is 0 Å². The standard InChI is InChI=1S/C16H24F3NO/c1-5-20-12(4)15(11(2)3)10-13-6-8-14(9-7-13)21-16(17,18)19/h6-9,11-12,15,20H,5,10H2,1-4H3. The predicted octanol–water partition coefficient (Wildman–Crippen LogP) is 4.40. The van der Waals surface area contributed by atoms with E-state index in [0.717, 1.165) is 18.5 Å². The Labute approximate surface area is 124 Å². The molecule has 2 unspecified atom stereocenters. The molecule has 0 radical (unpaired) electrons. The van der Waals surface area contributed by atoms with Crippen molar-refractivity contribution in [3.05, 3.63) is 29.8 Å². The van der Waals surface area contributed by atoms with Crippen LogP contribution in [0, 0.1) is 11.8 Å². The molecule has 1 rings (SSSR count). The highest BCUT2D eigenvalue weighted by atomic mass is 19.4. The molecule has 0 fully saturated rings. The topological polar surface area (TPSA) is 21.3 Å².